The van der Waals surface area contributed by atoms with Crippen molar-refractivity contribution in [3.8, 4) is 0 Å². The molecule has 2 aliphatic heterocycles. The summed E-state index contributed by atoms with van der Waals surface area (Å²) >= 11 is 0. The van der Waals surface area contributed by atoms with Gasteiger partial charge in [0.25, 0.3) is 0 Å². The fraction of sp³-hybridized carbons (Fsp3) is 0.938. The number of halogens is 2. The highest BCUT2D eigenvalue weighted by Crippen LogP contribution is 2.21. The average Bonchev–Trinajstić information content (AvgIpc) is 2.85. The summed E-state index contributed by atoms with van der Waals surface area (Å²) in [6.45, 7) is 10.4. The zero-order chi connectivity index (χ0) is 15.4. The van der Waals surface area contributed by atoms with Gasteiger partial charge in [0.05, 0.1) is 6.10 Å². The molecule has 1 amide bonds. The molecule has 3 N–H and O–H groups in total. The van der Waals surface area contributed by atoms with E-state index in [0.29, 0.717) is 6.54 Å². The molecule has 2 aliphatic rings. The van der Waals surface area contributed by atoms with Crippen molar-refractivity contribution < 1.29 is 9.53 Å². The maximum absolute atomic E-state index is 12.2. The summed E-state index contributed by atoms with van der Waals surface area (Å²) in [5, 5.41) is 3.10. The van der Waals surface area contributed by atoms with E-state index in [1.165, 1.54) is 6.42 Å². The van der Waals surface area contributed by atoms with Crippen molar-refractivity contribution in [2.75, 3.05) is 26.2 Å². The molecule has 7 heteroatoms. The fourth-order valence-corrected chi connectivity index (χ4v) is 3.78. The van der Waals surface area contributed by atoms with Gasteiger partial charge in [0.2, 0.25) is 5.91 Å². The molecule has 0 bridgehead atoms. The van der Waals surface area contributed by atoms with Crippen LogP contribution in [0.1, 0.15) is 40.0 Å². The predicted octanol–water partition coefficient (Wildman–Crippen LogP) is 1.82. The van der Waals surface area contributed by atoms with Gasteiger partial charge < -0.3 is 20.7 Å². The Kier molecular flexibility index (Phi) is 10.7. The number of amides is 1. The number of nitrogens with one attached hydrogen (secondary N) is 1. The van der Waals surface area contributed by atoms with Crippen LogP contribution in [-0.2, 0) is 9.53 Å². The number of carbonyl (C=O) groups excluding carboxylic acids is 1. The van der Waals surface area contributed by atoms with E-state index in [9.17, 15) is 4.79 Å². The third-order valence-electron chi connectivity index (χ3n) is 4.53. The SMILES string of the molecule is CC1CC(C)CN(CC(C)NC(=O)[C@@H]2CC[C@H](CN)O2)C1.Cl.Cl. The molecule has 0 aromatic heterocycles. The van der Waals surface area contributed by atoms with Gasteiger partial charge >= 0.3 is 0 Å². The number of carbonyl (C=O) groups is 1. The second kappa shape index (κ2) is 10.7. The summed E-state index contributed by atoms with van der Waals surface area (Å²) in [5.41, 5.74) is 5.58. The summed E-state index contributed by atoms with van der Waals surface area (Å²) < 4.78 is 5.65. The number of nitrogens with zero attached hydrogens (tertiary/aromatic N) is 1. The van der Waals surface area contributed by atoms with Gasteiger partial charge in [-0.1, -0.05) is 13.8 Å². The van der Waals surface area contributed by atoms with E-state index in [1.54, 1.807) is 0 Å². The van der Waals surface area contributed by atoms with E-state index in [4.69, 9.17) is 10.5 Å². The van der Waals surface area contributed by atoms with E-state index in [0.717, 1.165) is 44.3 Å². The largest absolute Gasteiger partial charge is 0.364 e. The molecule has 2 heterocycles. The highest BCUT2D eigenvalue weighted by molar-refractivity contribution is 5.85. The second-order valence-corrected chi connectivity index (χ2v) is 7.13. The molecule has 2 saturated heterocycles. The Bertz CT molecular complexity index is 350. The Morgan fingerprint density at radius 1 is 1.26 bits per heavy atom. The molecule has 0 aromatic carbocycles. The topological polar surface area (TPSA) is 67.6 Å². The van der Waals surface area contributed by atoms with E-state index < -0.39 is 0 Å². The average molecular weight is 370 g/mol. The fourth-order valence-electron chi connectivity index (χ4n) is 3.78. The summed E-state index contributed by atoms with van der Waals surface area (Å²) in [5.74, 6) is 1.52. The van der Waals surface area contributed by atoms with Crippen molar-refractivity contribution in [1.29, 1.82) is 0 Å². The Morgan fingerprint density at radius 3 is 2.39 bits per heavy atom. The molecular formula is C16H33Cl2N3O2. The minimum atomic E-state index is -0.305. The van der Waals surface area contributed by atoms with E-state index >= 15 is 0 Å². The Hall–Kier alpha value is -0.0700. The van der Waals surface area contributed by atoms with Crippen molar-refractivity contribution in [2.45, 2.75) is 58.3 Å². The van der Waals surface area contributed by atoms with Crippen LogP contribution in [0.5, 0.6) is 0 Å². The molecule has 3 unspecified atom stereocenters. The normalized spacial score (nSPS) is 32.5. The summed E-state index contributed by atoms with van der Waals surface area (Å²) in [6, 6.07) is 0.163. The van der Waals surface area contributed by atoms with E-state index in [2.05, 4.69) is 31.0 Å². The van der Waals surface area contributed by atoms with Gasteiger partial charge in [0.1, 0.15) is 6.10 Å². The first-order chi connectivity index (χ1) is 9.97. The molecule has 5 nitrogen and oxygen atoms in total. The van der Waals surface area contributed by atoms with Gasteiger partial charge in [-0.05, 0) is 38.0 Å². The molecule has 0 saturated carbocycles. The standard InChI is InChI=1S/C16H31N3O2.2ClH/c1-11-6-12(2)9-19(8-11)10-13(3)18-16(20)15-5-4-14(7-17)21-15;;/h11-15H,4-10,17H2,1-3H3,(H,18,20);2*1H/t11?,12?,13?,14-,15+;;/m1../s1. The van der Waals surface area contributed by atoms with Crippen molar-refractivity contribution in [3.05, 3.63) is 0 Å². The predicted molar refractivity (Wildman–Crippen MR) is 98.4 cm³/mol. The third-order valence-corrected chi connectivity index (χ3v) is 4.53. The van der Waals surface area contributed by atoms with Gasteiger partial charge in [-0.3, -0.25) is 4.79 Å². The number of nitrogens with two attached hydrogens (primary N) is 1. The van der Waals surface area contributed by atoms with Crippen molar-refractivity contribution in [3.63, 3.8) is 0 Å². The molecule has 2 fully saturated rings. The third kappa shape index (κ3) is 7.14. The molecule has 0 radical (unpaired) electrons. The van der Waals surface area contributed by atoms with Gasteiger partial charge in [0.15, 0.2) is 0 Å². The number of rotatable bonds is 5. The van der Waals surface area contributed by atoms with Crippen LogP contribution < -0.4 is 11.1 Å². The molecule has 138 valence electrons. The first-order valence-electron chi connectivity index (χ1n) is 8.36. The van der Waals surface area contributed by atoms with Gasteiger partial charge in [-0.15, -0.1) is 24.8 Å². The molecule has 0 aliphatic carbocycles. The molecule has 5 atom stereocenters. The van der Waals surface area contributed by atoms with Crippen LogP contribution in [0.2, 0.25) is 0 Å². The summed E-state index contributed by atoms with van der Waals surface area (Å²) in [6.07, 6.45) is 2.75. The number of piperidine rings is 1. The molecule has 2 rings (SSSR count). The quantitative estimate of drug-likeness (QED) is 0.775. The van der Waals surface area contributed by atoms with Crippen LogP contribution in [0.4, 0.5) is 0 Å². The summed E-state index contributed by atoms with van der Waals surface area (Å²) in [4.78, 5) is 14.7. The molecule has 0 spiro atoms. The van der Waals surface area contributed by atoms with Crippen LogP contribution in [0.25, 0.3) is 0 Å². The van der Waals surface area contributed by atoms with Crippen LogP contribution in [-0.4, -0.2) is 55.2 Å². The molecular weight excluding hydrogens is 337 g/mol. The minimum absolute atomic E-state index is 0. The second-order valence-electron chi connectivity index (χ2n) is 7.13. The maximum Gasteiger partial charge on any atom is 0.249 e. The van der Waals surface area contributed by atoms with Gasteiger partial charge in [0, 0.05) is 32.2 Å². The number of hydrogen-bond acceptors (Lipinski definition) is 4. The number of ether oxygens (including phenoxy) is 1. The first-order valence-corrected chi connectivity index (χ1v) is 8.36. The number of hydrogen-bond donors (Lipinski definition) is 2. The highest BCUT2D eigenvalue weighted by atomic mass is 35.5. The lowest BCUT2D eigenvalue weighted by Crippen LogP contribution is -2.49. The van der Waals surface area contributed by atoms with Gasteiger partial charge in [-0.2, -0.15) is 0 Å². The van der Waals surface area contributed by atoms with E-state index in [-0.39, 0.29) is 49.0 Å². The minimum Gasteiger partial charge on any atom is -0.364 e. The smallest absolute Gasteiger partial charge is 0.249 e. The van der Waals surface area contributed by atoms with Crippen LogP contribution >= 0.6 is 24.8 Å². The van der Waals surface area contributed by atoms with Crippen LogP contribution in [0, 0.1) is 11.8 Å². The number of likely N-dealkylation sites (tertiary alicyclic amines) is 1. The van der Waals surface area contributed by atoms with Crippen LogP contribution in [0.15, 0.2) is 0 Å². The Balaban J connectivity index is 0.00000242. The maximum atomic E-state index is 12.2. The van der Waals surface area contributed by atoms with E-state index in [1.807, 2.05) is 0 Å². The summed E-state index contributed by atoms with van der Waals surface area (Å²) in [7, 11) is 0. The highest BCUT2D eigenvalue weighted by Gasteiger charge is 2.31. The lowest BCUT2D eigenvalue weighted by atomic mass is 9.92. The monoisotopic (exact) mass is 369 g/mol. The lowest BCUT2D eigenvalue weighted by molar-refractivity contribution is -0.132. The Morgan fingerprint density at radius 2 is 1.87 bits per heavy atom. The van der Waals surface area contributed by atoms with Crippen LogP contribution in [0.3, 0.4) is 0 Å². The van der Waals surface area contributed by atoms with Gasteiger partial charge in [-0.25, -0.2) is 0 Å². The first kappa shape index (κ1) is 22.9. The lowest BCUT2D eigenvalue weighted by Gasteiger charge is -2.36. The zero-order valence-corrected chi connectivity index (χ0v) is 16.1. The van der Waals surface area contributed by atoms with Crippen molar-refractivity contribution in [2.24, 2.45) is 17.6 Å². The Labute approximate surface area is 152 Å². The molecule has 0 aromatic rings. The van der Waals surface area contributed by atoms with Crippen molar-refractivity contribution in [1.82, 2.24) is 10.2 Å². The van der Waals surface area contributed by atoms with Crippen molar-refractivity contribution >= 4 is 30.7 Å². The zero-order valence-electron chi connectivity index (χ0n) is 14.5. The molecule has 23 heavy (non-hydrogen) atoms.